The molecule has 4 rings (SSSR count). The average molecular weight is 396 g/mol. The van der Waals surface area contributed by atoms with E-state index >= 15 is 0 Å². The van der Waals surface area contributed by atoms with E-state index in [1.807, 2.05) is 0 Å². The fraction of sp³-hybridized carbons (Fsp3) is 0.611. The highest BCUT2D eigenvalue weighted by Crippen LogP contribution is 2.34. The van der Waals surface area contributed by atoms with Crippen LogP contribution in [0.15, 0.2) is 18.3 Å². The molecule has 1 atom stereocenters. The molecule has 3 heterocycles. The van der Waals surface area contributed by atoms with Crippen LogP contribution in [0.3, 0.4) is 0 Å². The number of aromatic nitrogens is 4. The molecular weight excluding hydrogens is 373 g/mol. The summed E-state index contributed by atoms with van der Waals surface area (Å²) in [7, 11) is 0. The fourth-order valence-electron chi connectivity index (χ4n) is 3.28. The summed E-state index contributed by atoms with van der Waals surface area (Å²) in [6.07, 6.45) is 3.06. The molecule has 2 aliphatic rings. The van der Waals surface area contributed by atoms with Crippen LogP contribution in [0.2, 0.25) is 0 Å². The van der Waals surface area contributed by atoms with Crippen LogP contribution in [0.4, 0.5) is 19.0 Å². The molecule has 28 heavy (non-hydrogen) atoms. The first-order valence-corrected chi connectivity index (χ1v) is 9.51. The van der Waals surface area contributed by atoms with Crippen molar-refractivity contribution >= 4 is 5.82 Å². The lowest BCUT2D eigenvalue weighted by molar-refractivity contribution is -0.0361. The number of ether oxygens (including phenoxy) is 1. The summed E-state index contributed by atoms with van der Waals surface area (Å²) in [5.41, 5.74) is 0.276. The maximum atomic E-state index is 13.4. The second kappa shape index (κ2) is 7.94. The van der Waals surface area contributed by atoms with Crippen molar-refractivity contribution in [1.82, 2.24) is 25.1 Å². The maximum absolute atomic E-state index is 13.4. The number of alkyl halides is 3. The predicted molar refractivity (Wildman–Crippen MR) is 96.7 cm³/mol. The van der Waals surface area contributed by atoms with Gasteiger partial charge in [-0.2, -0.15) is 15.1 Å². The van der Waals surface area contributed by atoms with Gasteiger partial charge >= 0.3 is 0 Å². The number of nitrogens with zero attached hydrogens (tertiary/aromatic N) is 4. The van der Waals surface area contributed by atoms with Gasteiger partial charge in [-0.25, -0.2) is 17.9 Å². The van der Waals surface area contributed by atoms with Gasteiger partial charge in [0, 0.05) is 37.2 Å². The normalized spacial score (nSPS) is 21.9. The van der Waals surface area contributed by atoms with Crippen LogP contribution in [0, 0.1) is 0 Å². The molecule has 152 valence electrons. The monoisotopic (exact) mass is 396 g/mol. The highest BCUT2D eigenvalue weighted by molar-refractivity contribution is 5.42. The van der Waals surface area contributed by atoms with E-state index in [1.165, 1.54) is 4.68 Å². The van der Waals surface area contributed by atoms with Gasteiger partial charge in [0.15, 0.2) is 0 Å². The number of anilines is 1. The van der Waals surface area contributed by atoms with E-state index in [0.717, 1.165) is 13.0 Å². The minimum Gasteiger partial charge on any atom is -0.476 e. The summed E-state index contributed by atoms with van der Waals surface area (Å²) in [4.78, 5) is 8.77. The Hall–Kier alpha value is -2.36. The van der Waals surface area contributed by atoms with Crippen LogP contribution in [-0.4, -0.2) is 50.9 Å². The molecule has 0 spiro atoms. The Kier molecular flexibility index (Phi) is 5.38. The Morgan fingerprint density at radius 2 is 2.04 bits per heavy atom. The molecule has 1 saturated heterocycles. The Labute approximate surface area is 160 Å². The maximum Gasteiger partial charge on any atom is 0.255 e. The third-order valence-electron chi connectivity index (χ3n) is 5.10. The van der Waals surface area contributed by atoms with Gasteiger partial charge in [-0.05, 0) is 31.9 Å². The van der Waals surface area contributed by atoms with Crippen LogP contribution in [-0.2, 0) is 6.67 Å². The van der Waals surface area contributed by atoms with Crippen molar-refractivity contribution in [2.75, 3.05) is 18.5 Å². The molecule has 7 nitrogen and oxygen atoms in total. The summed E-state index contributed by atoms with van der Waals surface area (Å²) in [6.45, 7) is 0.764. The summed E-state index contributed by atoms with van der Waals surface area (Å²) >= 11 is 0. The highest BCUT2D eigenvalue weighted by atomic mass is 19.3. The van der Waals surface area contributed by atoms with E-state index in [4.69, 9.17) is 4.74 Å². The van der Waals surface area contributed by atoms with E-state index < -0.39 is 12.6 Å². The van der Waals surface area contributed by atoms with Crippen molar-refractivity contribution in [2.24, 2.45) is 0 Å². The van der Waals surface area contributed by atoms with E-state index in [0.29, 0.717) is 37.2 Å². The van der Waals surface area contributed by atoms with Gasteiger partial charge in [0.2, 0.25) is 11.8 Å². The van der Waals surface area contributed by atoms with Crippen LogP contribution in [0.1, 0.15) is 37.8 Å². The smallest absolute Gasteiger partial charge is 0.255 e. The second-order valence-electron chi connectivity index (χ2n) is 7.30. The number of halogens is 3. The van der Waals surface area contributed by atoms with E-state index in [-0.39, 0.29) is 30.5 Å². The van der Waals surface area contributed by atoms with Gasteiger partial charge in [0.25, 0.3) is 5.95 Å². The van der Waals surface area contributed by atoms with Crippen molar-refractivity contribution in [3.05, 3.63) is 24.0 Å². The zero-order chi connectivity index (χ0) is 19.6. The molecule has 2 aromatic heterocycles. The Balaban J connectivity index is 1.52. The summed E-state index contributed by atoms with van der Waals surface area (Å²) in [5, 5.41) is 10.5. The van der Waals surface area contributed by atoms with Gasteiger partial charge in [0.1, 0.15) is 19.1 Å². The van der Waals surface area contributed by atoms with Crippen molar-refractivity contribution < 1.29 is 17.9 Å². The molecule has 2 N–H and O–H groups in total. The van der Waals surface area contributed by atoms with E-state index in [1.54, 1.807) is 18.3 Å². The number of rotatable bonds is 7. The lowest BCUT2D eigenvalue weighted by Gasteiger charge is -2.29. The van der Waals surface area contributed by atoms with Crippen LogP contribution in [0.5, 0.6) is 5.88 Å². The van der Waals surface area contributed by atoms with Gasteiger partial charge < -0.3 is 15.4 Å². The van der Waals surface area contributed by atoms with Crippen LogP contribution in [0.25, 0.3) is 5.95 Å². The topological polar surface area (TPSA) is 76.9 Å². The van der Waals surface area contributed by atoms with Crippen molar-refractivity contribution in [1.29, 1.82) is 0 Å². The lowest BCUT2D eigenvalue weighted by atomic mass is 9.92. The molecule has 0 amide bonds. The quantitative estimate of drug-likeness (QED) is 0.750. The Morgan fingerprint density at radius 3 is 2.68 bits per heavy atom. The minimum atomic E-state index is -2.59. The molecule has 0 radical (unpaired) electrons. The first-order valence-electron chi connectivity index (χ1n) is 9.51. The van der Waals surface area contributed by atoms with Crippen LogP contribution >= 0.6 is 0 Å². The van der Waals surface area contributed by atoms with Gasteiger partial charge in [-0.1, -0.05) is 0 Å². The zero-order valence-electron chi connectivity index (χ0n) is 15.4. The number of nitrogens with one attached hydrogen (secondary N) is 2. The lowest BCUT2D eigenvalue weighted by Crippen LogP contribution is -2.46. The molecule has 10 heteroatoms. The Morgan fingerprint density at radius 1 is 1.25 bits per heavy atom. The van der Waals surface area contributed by atoms with Crippen molar-refractivity contribution in [3.63, 3.8) is 0 Å². The molecule has 0 bridgehead atoms. The number of hydrogen-bond donors (Lipinski definition) is 2. The molecule has 1 aliphatic heterocycles. The first kappa shape index (κ1) is 19.0. The summed E-state index contributed by atoms with van der Waals surface area (Å²) in [5.74, 6) is -1.51. The molecule has 1 aliphatic carbocycles. The highest BCUT2D eigenvalue weighted by Gasteiger charge is 2.35. The minimum absolute atomic E-state index is 0.0949. The van der Waals surface area contributed by atoms with Crippen molar-refractivity contribution in [2.45, 2.75) is 56.8 Å². The second-order valence-corrected chi connectivity index (χ2v) is 7.30. The van der Waals surface area contributed by atoms with Crippen molar-refractivity contribution in [3.8, 4) is 11.8 Å². The first-order chi connectivity index (χ1) is 13.5. The SMILES string of the molecule is FCc1ccn(-c2nc(NC3CCC(F)(F)CC3)cc(OCC3CCN3)n2)n1. The van der Waals surface area contributed by atoms with Crippen LogP contribution < -0.4 is 15.4 Å². The largest absolute Gasteiger partial charge is 0.476 e. The predicted octanol–water partition coefficient (Wildman–Crippen LogP) is 2.86. The third kappa shape index (κ3) is 4.54. The molecule has 2 fully saturated rings. The van der Waals surface area contributed by atoms with E-state index in [9.17, 15) is 13.2 Å². The summed E-state index contributed by atoms with van der Waals surface area (Å²) in [6, 6.07) is 3.40. The molecule has 0 aromatic carbocycles. The summed E-state index contributed by atoms with van der Waals surface area (Å²) < 4.78 is 46.8. The molecule has 2 aromatic rings. The molecular formula is C18H23F3N6O. The number of hydrogen-bond acceptors (Lipinski definition) is 6. The molecule has 1 unspecified atom stereocenters. The van der Waals surface area contributed by atoms with Gasteiger partial charge in [0.05, 0.1) is 5.69 Å². The molecule has 1 saturated carbocycles. The van der Waals surface area contributed by atoms with Gasteiger partial charge in [-0.15, -0.1) is 0 Å². The zero-order valence-corrected chi connectivity index (χ0v) is 15.4. The third-order valence-corrected chi connectivity index (χ3v) is 5.10. The van der Waals surface area contributed by atoms with E-state index in [2.05, 4.69) is 25.7 Å². The van der Waals surface area contributed by atoms with Gasteiger partial charge in [-0.3, -0.25) is 0 Å². The standard InChI is InChI=1S/C18H23F3N6O/c19-10-13-4-8-27(26-13)17-24-15(23-12-1-5-18(20,21)6-2-12)9-16(25-17)28-11-14-3-7-22-14/h4,8-9,12,14,22H,1-3,5-7,10-11H2,(H,23,24,25). The fourth-order valence-corrected chi connectivity index (χ4v) is 3.28. The Bertz CT molecular complexity index is 800. The average Bonchev–Trinajstić information content (AvgIpc) is 3.11.